The number of carbonyl (C=O) groups is 1. The summed E-state index contributed by atoms with van der Waals surface area (Å²) in [5.74, 6) is -0.288. The molecule has 0 fully saturated rings. The number of aromatic nitrogens is 1. The van der Waals surface area contributed by atoms with Crippen molar-refractivity contribution in [2.45, 2.75) is 39.7 Å². The van der Waals surface area contributed by atoms with Crippen LogP contribution in [0.4, 0.5) is 11.4 Å². The van der Waals surface area contributed by atoms with Crippen LogP contribution in [0.15, 0.2) is 87.8 Å². The van der Waals surface area contributed by atoms with E-state index < -0.39 is 38.8 Å². The molecular formula is C32H28N4O8S. The largest absolute Gasteiger partial charge is 0.463 e. The fraction of sp³-hybridized carbons (Fsp3) is 0.219. The van der Waals surface area contributed by atoms with Crippen molar-refractivity contribution in [2.24, 2.45) is 4.99 Å². The van der Waals surface area contributed by atoms with E-state index in [0.29, 0.717) is 16.1 Å². The summed E-state index contributed by atoms with van der Waals surface area (Å²) in [7, 11) is 0. The van der Waals surface area contributed by atoms with Crippen LogP contribution < -0.4 is 19.6 Å². The Balaban J connectivity index is 1.64. The number of fused-ring (bicyclic) bond motifs is 1. The van der Waals surface area contributed by atoms with Gasteiger partial charge in [0, 0.05) is 11.6 Å². The first kappa shape index (κ1) is 31.0. The van der Waals surface area contributed by atoms with Crippen LogP contribution in [0.2, 0.25) is 0 Å². The summed E-state index contributed by atoms with van der Waals surface area (Å²) in [5.41, 5.74) is 1.53. The van der Waals surface area contributed by atoms with Crippen LogP contribution in [0.5, 0.6) is 11.5 Å². The van der Waals surface area contributed by atoms with E-state index >= 15 is 0 Å². The molecule has 1 aliphatic rings. The number of thiazole rings is 1. The number of nitro benzene ring substituents is 2. The van der Waals surface area contributed by atoms with E-state index in [1.807, 2.05) is 24.3 Å². The molecule has 0 unspecified atom stereocenters. The molecule has 0 radical (unpaired) electrons. The van der Waals surface area contributed by atoms with Gasteiger partial charge in [-0.15, -0.1) is 0 Å². The van der Waals surface area contributed by atoms with Crippen molar-refractivity contribution in [3.05, 3.63) is 135 Å². The Bertz CT molecular complexity index is 2040. The van der Waals surface area contributed by atoms with Gasteiger partial charge in [-0.2, -0.15) is 0 Å². The van der Waals surface area contributed by atoms with Crippen LogP contribution in [-0.2, 0) is 9.53 Å². The van der Waals surface area contributed by atoms with Crippen molar-refractivity contribution < 1.29 is 24.1 Å². The molecule has 230 valence electrons. The molecule has 0 N–H and O–H groups in total. The lowest BCUT2D eigenvalue weighted by atomic mass is 9.93. The molecule has 0 spiro atoms. The molecule has 1 aliphatic heterocycles. The first-order valence-corrected chi connectivity index (χ1v) is 14.8. The Kier molecular flexibility index (Phi) is 8.73. The van der Waals surface area contributed by atoms with Crippen LogP contribution in [0.3, 0.4) is 0 Å². The predicted octanol–water partition coefficient (Wildman–Crippen LogP) is 5.53. The molecule has 13 heteroatoms. The number of hydrogen-bond donors (Lipinski definition) is 0. The van der Waals surface area contributed by atoms with Gasteiger partial charge in [0.15, 0.2) is 4.80 Å². The highest BCUT2D eigenvalue weighted by molar-refractivity contribution is 7.07. The molecule has 12 nitrogen and oxygen atoms in total. The van der Waals surface area contributed by atoms with E-state index in [1.165, 1.54) is 4.57 Å². The molecule has 45 heavy (non-hydrogen) atoms. The molecular weight excluding hydrogens is 600 g/mol. The fourth-order valence-electron chi connectivity index (χ4n) is 4.97. The number of allylic oxidation sites excluding steroid dienone is 1. The lowest BCUT2D eigenvalue weighted by molar-refractivity contribution is -0.394. The maximum Gasteiger partial charge on any atom is 0.338 e. The van der Waals surface area contributed by atoms with Gasteiger partial charge in [0.25, 0.3) is 11.2 Å². The molecule has 0 saturated carbocycles. The van der Waals surface area contributed by atoms with Crippen LogP contribution in [0, 0.1) is 20.2 Å². The number of nitrogens with zero attached hydrogens (tertiary/aromatic N) is 4. The third kappa shape index (κ3) is 6.15. The SMILES string of the molecule is CCOC(=O)C1=C(C)N=c2s/c(=C\c3ccccc3Oc3ccc([N+](=O)[O-])cc3[N+](=O)[O-])c(=O)n2[C@@H]1c1ccc(C(C)C)cc1. The Morgan fingerprint density at radius 2 is 1.76 bits per heavy atom. The fourth-order valence-corrected chi connectivity index (χ4v) is 6.01. The van der Waals surface area contributed by atoms with Gasteiger partial charge in [-0.3, -0.25) is 29.6 Å². The molecule has 0 aliphatic carbocycles. The van der Waals surface area contributed by atoms with Crippen molar-refractivity contribution in [1.82, 2.24) is 4.57 Å². The molecule has 3 aromatic carbocycles. The van der Waals surface area contributed by atoms with E-state index in [2.05, 4.69) is 18.8 Å². The minimum absolute atomic E-state index is 0.156. The summed E-state index contributed by atoms with van der Waals surface area (Å²) in [6.45, 7) is 7.73. The van der Waals surface area contributed by atoms with Crippen LogP contribution >= 0.6 is 11.3 Å². The van der Waals surface area contributed by atoms with Crippen molar-refractivity contribution in [3.63, 3.8) is 0 Å². The Morgan fingerprint density at radius 3 is 2.40 bits per heavy atom. The van der Waals surface area contributed by atoms with E-state index in [9.17, 15) is 29.8 Å². The van der Waals surface area contributed by atoms with Gasteiger partial charge in [-0.25, -0.2) is 9.79 Å². The minimum Gasteiger partial charge on any atom is -0.463 e. The number of ether oxygens (including phenoxy) is 2. The average molecular weight is 629 g/mol. The van der Waals surface area contributed by atoms with Gasteiger partial charge < -0.3 is 9.47 Å². The molecule has 1 aromatic heterocycles. The highest BCUT2D eigenvalue weighted by Gasteiger charge is 2.33. The van der Waals surface area contributed by atoms with Crippen molar-refractivity contribution in [1.29, 1.82) is 0 Å². The molecule has 4 aromatic rings. The van der Waals surface area contributed by atoms with Gasteiger partial charge in [-0.05, 0) is 49.1 Å². The van der Waals surface area contributed by atoms with Gasteiger partial charge >= 0.3 is 11.7 Å². The smallest absolute Gasteiger partial charge is 0.338 e. The third-order valence-corrected chi connectivity index (χ3v) is 8.19. The van der Waals surface area contributed by atoms with Gasteiger partial charge in [0.2, 0.25) is 5.75 Å². The van der Waals surface area contributed by atoms with Crippen LogP contribution in [0.1, 0.15) is 56.3 Å². The number of para-hydroxylation sites is 1. The summed E-state index contributed by atoms with van der Waals surface area (Å²) in [5, 5.41) is 22.8. The van der Waals surface area contributed by atoms with Crippen molar-refractivity contribution in [2.75, 3.05) is 6.61 Å². The van der Waals surface area contributed by atoms with E-state index in [-0.39, 0.29) is 34.1 Å². The zero-order chi connectivity index (χ0) is 32.4. The quantitative estimate of drug-likeness (QED) is 0.133. The summed E-state index contributed by atoms with van der Waals surface area (Å²) in [6, 6.07) is 16.7. The van der Waals surface area contributed by atoms with Crippen LogP contribution in [-0.4, -0.2) is 27.0 Å². The monoisotopic (exact) mass is 628 g/mol. The number of hydrogen-bond acceptors (Lipinski definition) is 10. The lowest BCUT2D eigenvalue weighted by Crippen LogP contribution is -2.39. The zero-order valence-electron chi connectivity index (χ0n) is 24.8. The van der Waals surface area contributed by atoms with Gasteiger partial charge in [0.1, 0.15) is 5.75 Å². The zero-order valence-corrected chi connectivity index (χ0v) is 25.6. The van der Waals surface area contributed by atoms with Gasteiger partial charge in [0.05, 0.1) is 44.4 Å². The Labute approximate surface area is 260 Å². The highest BCUT2D eigenvalue weighted by Crippen LogP contribution is 2.36. The standard InChI is InChI=1S/C32H28N4O8S/c1-5-43-31(38)28-19(4)33-32-34(29(28)21-12-10-20(11-13-21)18(2)3)30(37)27(45-32)16-22-8-6-7-9-25(22)44-26-15-14-23(35(39)40)17-24(26)36(41)42/h6-18,29H,5H2,1-4H3/b27-16-/t29-/m1/s1. The summed E-state index contributed by atoms with van der Waals surface area (Å²) >= 11 is 1.13. The van der Waals surface area contributed by atoms with Crippen molar-refractivity contribution >= 4 is 34.8 Å². The predicted molar refractivity (Wildman–Crippen MR) is 167 cm³/mol. The maximum absolute atomic E-state index is 14.0. The molecule has 0 saturated heterocycles. The third-order valence-electron chi connectivity index (χ3n) is 7.21. The Hall–Kier alpha value is -5.43. The summed E-state index contributed by atoms with van der Waals surface area (Å²) in [4.78, 5) is 53.5. The molecule has 2 heterocycles. The number of esters is 1. The second kappa shape index (κ2) is 12.7. The molecule has 1 atom stereocenters. The normalized spacial score (nSPS) is 14.6. The number of non-ortho nitro benzene ring substituents is 1. The van der Waals surface area contributed by atoms with Crippen molar-refractivity contribution in [3.8, 4) is 11.5 Å². The second-order valence-electron chi connectivity index (χ2n) is 10.4. The average Bonchev–Trinajstić information content (AvgIpc) is 3.31. The maximum atomic E-state index is 14.0. The first-order valence-electron chi connectivity index (χ1n) is 14.0. The second-order valence-corrected chi connectivity index (χ2v) is 11.4. The lowest BCUT2D eigenvalue weighted by Gasteiger charge is -2.25. The molecule has 0 bridgehead atoms. The van der Waals surface area contributed by atoms with E-state index in [1.54, 1.807) is 44.2 Å². The van der Waals surface area contributed by atoms with Crippen LogP contribution in [0.25, 0.3) is 6.08 Å². The minimum atomic E-state index is -0.780. The Morgan fingerprint density at radius 1 is 1.04 bits per heavy atom. The number of nitro groups is 2. The topological polar surface area (TPSA) is 156 Å². The summed E-state index contributed by atoms with van der Waals surface area (Å²) < 4.78 is 13.0. The molecule has 0 amide bonds. The van der Waals surface area contributed by atoms with Gasteiger partial charge in [-0.1, -0.05) is 67.6 Å². The van der Waals surface area contributed by atoms with E-state index in [0.717, 1.165) is 40.7 Å². The highest BCUT2D eigenvalue weighted by atomic mass is 32.1. The first-order chi connectivity index (χ1) is 21.5. The summed E-state index contributed by atoms with van der Waals surface area (Å²) in [6.07, 6.45) is 1.58. The van der Waals surface area contributed by atoms with E-state index in [4.69, 9.17) is 9.47 Å². The number of carbonyl (C=O) groups excluding carboxylic acids is 1. The number of benzene rings is 3. The molecule has 5 rings (SSSR count). The number of rotatable bonds is 9.